The molecule has 0 radical (unpaired) electrons. The monoisotopic (exact) mass is 681 g/mol. The van der Waals surface area contributed by atoms with Crippen LogP contribution in [-0.2, 0) is 32.6 Å². The Kier molecular flexibility index (Phi) is 12.1. The highest BCUT2D eigenvalue weighted by molar-refractivity contribution is 7.92. The maximum Gasteiger partial charge on any atom is 0.264 e. The van der Waals surface area contributed by atoms with Crippen LogP contribution in [0.5, 0.6) is 5.75 Å². The number of carbonyl (C=O) groups excluding carboxylic acids is 2. The Morgan fingerprint density at radius 2 is 1.39 bits per heavy atom. The van der Waals surface area contributed by atoms with E-state index >= 15 is 0 Å². The molecule has 2 amide bonds. The molecule has 11 heteroatoms. The zero-order valence-corrected chi connectivity index (χ0v) is 28.2. The first-order valence-electron chi connectivity index (χ1n) is 14.8. The summed E-state index contributed by atoms with van der Waals surface area (Å²) >= 11 is 12.3. The van der Waals surface area contributed by atoms with Crippen LogP contribution in [0, 0.1) is 5.92 Å². The normalized spacial score (nSPS) is 12.0. The Bertz CT molecular complexity index is 1700. The van der Waals surface area contributed by atoms with Gasteiger partial charge < -0.3 is 15.0 Å². The second-order valence-corrected chi connectivity index (χ2v) is 13.9. The van der Waals surface area contributed by atoms with E-state index < -0.39 is 28.5 Å². The fourth-order valence-corrected chi connectivity index (χ4v) is 6.44. The predicted octanol–water partition coefficient (Wildman–Crippen LogP) is 6.61. The summed E-state index contributed by atoms with van der Waals surface area (Å²) < 4.78 is 34.5. The van der Waals surface area contributed by atoms with Gasteiger partial charge >= 0.3 is 0 Å². The van der Waals surface area contributed by atoms with Gasteiger partial charge in [-0.25, -0.2) is 8.42 Å². The molecule has 0 saturated carbocycles. The van der Waals surface area contributed by atoms with Crippen molar-refractivity contribution in [3.05, 3.63) is 124 Å². The van der Waals surface area contributed by atoms with Gasteiger partial charge in [0.25, 0.3) is 10.0 Å². The molecule has 1 N–H and O–H groups in total. The molecule has 0 heterocycles. The minimum absolute atomic E-state index is 0.0317. The zero-order chi connectivity index (χ0) is 33.3. The van der Waals surface area contributed by atoms with E-state index in [-0.39, 0.29) is 35.4 Å². The zero-order valence-electron chi connectivity index (χ0n) is 25.9. The van der Waals surface area contributed by atoms with E-state index in [1.54, 1.807) is 36.4 Å². The van der Waals surface area contributed by atoms with E-state index in [9.17, 15) is 18.0 Å². The number of methoxy groups -OCH3 is 1. The van der Waals surface area contributed by atoms with Crippen molar-refractivity contribution >= 4 is 50.7 Å². The highest BCUT2D eigenvalue weighted by Crippen LogP contribution is 2.27. The van der Waals surface area contributed by atoms with Gasteiger partial charge in [0, 0.05) is 29.6 Å². The lowest BCUT2D eigenvalue weighted by molar-refractivity contribution is -0.140. The van der Waals surface area contributed by atoms with Crippen LogP contribution >= 0.6 is 23.2 Å². The lowest BCUT2D eigenvalue weighted by atomic mass is 10.0. The van der Waals surface area contributed by atoms with Crippen LogP contribution in [0.2, 0.25) is 10.0 Å². The number of carbonyl (C=O) groups is 2. The lowest BCUT2D eigenvalue weighted by Crippen LogP contribution is -2.53. The summed E-state index contributed by atoms with van der Waals surface area (Å²) in [6.07, 6.45) is 0.219. The summed E-state index contributed by atoms with van der Waals surface area (Å²) in [5, 5.41) is 3.91. The van der Waals surface area contributed by atoms with Crippen LogP contribution in [0.25, 0.3) is 0 Å². The van der Waals surface area contributed by atoms with Crippen molar-refractivity contribution in [2.75, 3.05) is 24.5 Å². The summed E-state index contributed by atoms with van der Waals surface area (Å²) in [5.74, 6) is -0.242. The van der Waals surface area contributed by atoms with Crippen molar-refractivity contribution in [1.29, 1.82) is 0 Å². The third-order valence-electron chi connectivity index (χ3n) is 7.26. The van der Waals surface area contributed by atoms with Gasteiger partial charge in [-0.1, -0.05) is 79.5 Å². The van der Waals surface area contributed by atoms with Gasteiger partial charge in [0.05, 0.1) is 17.7 Å². The second kappa shape index (κ2) is 16.0. The van der Waals surface area contributed by atoms with Gasteiger partial charge in [-0.05, 0) is 77.7 Å². The fourth-order valence-electron chi connectivity index (χ4n) is 4.77. The molecule has 0 bridgehead atoms. The van der Waals surface area contributed by atoms with Crippen LogP contribution < -0.4 is 14.4 Å². The first-order chi connectivity index (χ1) is 22.0. The van der Waals surface area contributed by atoms with E-state index in [4.69, 9.17) is 27.9 Å². The van der Waals surface area contributed by atoms with E-state index in [0.29, 0.717) is 22.3 Å². The lowest BCUT2D eigenvalue weighted by Gasteiger charge is -2.34. The highest BCUT2D eigenvalue weighted by atomic mass is 35.5. The summed E-state index contributed by atoms with van der Waals surface area (Å²) in [6.45, 7) is 3.84. The molecule has 0 saturated heterocycles. The number of nitrogens with one attached hydrogen (secondary N) is 1. The summed E-state index contributed by atoms with van der Waals surface area (Å²) in [5.41, 5.74) is 1.81. The molecule has 0 spiro atoms. The van der Waals surface area contributed by atoms with E-state index in [2.05, 4.69) is 5.32 Å². The molecular formula is C35H37Cl2N3O5S. The van der Waals surface area contributed by atoms with Crippen molar-refractivity contribution in [1.82, 2.24) is 10.2 Å². The average molecular weight is 683 g/mol. The predicted molar refractivity (Wildman–Crippen MR) is 183 cm³/mol. The van der Waals surface area contributed by atoms with Crippen molar-refractivity contribution in [2.24, 2.45) is 5.92 Å². The Morgan fingerprint density at radius 3 is 1.96 bits per heavy atom. The molecule has 242 valence electrons. The minimum atomic E-state index is -4.26. The van der Waals surface area contributed by atoms with E-state index in [1.165, 1.54) is 48.4 Å². The van der Waals surface area contributed by atoms with Crippen molar-refractivity contribution in [3.8, 4) is 5.75 Å². The molecule has 4 aromatic carbocycles. The highest BCUT2D eigenvalue weighted by Gasteiger charge is 2.34. The summed E-state index contributed by atoms with van der Waals surface area (Å²) in [6, 6.07) is 27.5. The van der Waals surface area contributed by atoms with Crippen LogP contribution in [0.3, 0.4) is 0 Å². The molecule has 0 aromatic heterocycles. The molecule has 46 heavy (non-hydrogen) atoms. The molecular weight excluding hydrogens is 645 g/mol. The van der Waals surface area contributed by atoms with Gasteiger partial charge in [0.2, 0.25) is 11.8 Å². The average Bonchev–Trinajstić information content (AvgIpc) is 3.05. The second-order valence-electron chi connectivity index (χ2n) is 11.2. The van der Waals surface area contributed by atoms with E-state index in [0.717, 1.165) is 15.4 Å². The molecule has 0 aliphatic carbocycles. The number of hydrogen-bond donors (Lipinski definition) is 1. The fraction of sp³-hybridized carbons (Fsp3) is 0.257. The smallest absolute Gasteiger partial charge is 0.264 e. The largest absolute Gasteiger partial charge is 0.497 e. The van der Waals surface area contributed by atoms with Crippen LogP contribution in [0.15, 0.2) is 108 Å². The summed E-state index contributed by atoms with van der Waals surface area (Å²) in [7, 11) is -2.77. The molecule has 0 aliphatic heterocycles. The number of amides is 2. The SMILES string of the molecule is COc1ccc(S(=O)(=O)N(CC(=O)N(Cc2ccc(Cl)cc2)[C@@H](Cc2ccccc2)C(=O)NCC(C)C)c2ccc(Cl)cc2)cc1. The molecule has 1 atom stereocenters. The third-order valence-corrected chi connectivity index (χ3v) is 9.55. The first-order valence-corrected chi connectivity index (χ1v) is 17.0. The van der Waals surface area contributed by atoms with Crippen molar-refractivity contribution in [3.63, 3.8) is 0 Å². The molecule has 0 unspecified atom stereocenters. The quantitative estimate of drug-likeness (QED) is 0.162. The number of halogens is 2. The van der Waals surface area contributed by atoms with Gasteiger partial charge in [0.15, 0.2) is 0 Å². The summed E-state index contributed by atoms with van der Waals surface area (Å²) in [4.78, 5) is 29.7. The number of benzene rings is 4. The Balaban J connectivity index is 1.79. The number of ether oxygens (including phenoxy) is 1. The maximum atomic E-state index is 14.5. The number of hydrogen-bond acceptors (Lipinski definition) is 5. The molecule has 4 rings (SSSR count). The van der Waals surface area contributed by atoms with Crippen molar-refractivity contribution < 1.29 is 22.7 Å². The topological polar surface area (TPSA) is 96.0 Å². The van der Waals surface area contributed by atoms with Gasteiger partial charge in [-0.2, -0.15) is 0 Å². The Hall–Kier alpha value is -4.05. The standard InChI is InChI=1S/C35H37Cl2N3O5S/c1-25(2)22-38-35(42)33(21-26-7-5-4-6-8-26)39(23-27-9-11-28(36)12-10-27)34(41)24-40(30-15-13-29(37)14-16-30)46(43,44)32-19-17-31(45-3)18-20-32/h4-20,25,33H,21-24H2,1-3H3,(H,38,42)/t33-/m0/s1. The van der Waals surface area contributed by atoms with Crippen LogP contribution in [0.1, 0.15) is 25.0 Å². The van der Waals surface area contributed by atoms with Gasteiger partial charge in [-0.15, -0.1) is 0 Å². The van der Waals surface area contributed by atoms with Crippen LogP contribution in [0.4, 0.5) is 5.69 Å². The van der Waals surface area contributed by atoms with Gasteiger partial charge in [-0.3, -0.25) is 13.9 Å². The van der Waals surface area contributed by atoms with Crippen LogP contribution in [-0.4, -0.2) is 51.4 Å². The molecule has 0 fully saturated rings. The molecule has 4 aromatic rings. The molecule has 0 aliphatic rings. The Labute approximate surface area is 280 Å². The van der Waals surface area contributed by atoms with Gasteiger partial charge in [0.1, 0.15) is 18.3 Å². The molecule has 8 nitrogen and oxygen atoms in total. The third kappa shape index (κ3) is 9.25. The number of anilines is 1. The minimum Gasteiger partial charge on any atom is -0.497 e. The number of rotatable bonds is 14. The van der Waals surface area contributed by atoms with E-state index in [1.807, 2.05) is 44.2 Å². The maximum absolute atomic E-state index is 14.5. The number of nitrogens with zero attached hydrogens (tertiary/aromatic N) is 2. The van der Waals surface area contributed by atoms with Crippen molar-refractivity contribution in [2.45, 2.75) is 37.8 Å². The first kappa shape index (κ1) is 34.8. The number of sulfonamides is 1. The Morgan fingerprint density at radius 1 is 0.804 bits per heavy atom.